The Hall–Kier alpha value is -1.18. The van der Waals surface area contributed by atoms with Crippen LogP contribution in [0, 0.1) is 0 Å². The van der Waals surface area contributed by atoms with Crippen molar-refractivity contribution in [1.82, 2.24) is 14.8 Å². The maximum Gasteiger partial charge on any atom is 0.228 e. The first-order valence-corrected chi connectivity index (χ1v) is 7.52. The van der Waals surface area contributed by atoms with E-state index in [2.05, 4.69) is 9.88 Å². The van der Waals surface area contributed by atoms with E-state index in [4.69, 9.17) is 10.5 Å². The van der Waals surface area contributed by atoms with Gasteiger partial charge in [0.15, 0.2) is 5.13 Å². The molecule has 0 aliphatic carbocycles. The quantitative estimate of drug-likeness (QED) is 0.726. The third kappa shape index (κ3) is 6.31. The molecular formula is C13H24N4O2S. The number of anilines is 1. The molecule has 1 rings (SSSR count). The van der Waals surface area contributed by atoms with Gasteiger partial charge in [-0.05, 0) is 27.1 Å². The largest absolute Gasteiger partial charge is 0.383 e. The van der Waals surface area contributed by atoms with Crippen LogP contribution in [-0.4, -0.2) is 68.1 Å². The molecule has 1 amide bonds. The standard InChI is InChI=1S/C13H24N4O2S/c1-16(2)5-4-6-17(7-8-19-3)12(18)9-11-10-20-13(14)15-11/h10H,4-9H2,1-3H3,(H2,14,15). The van der Waals surface area contributed by atoms with Gasteiger partial charge >= 0.3 is 0 Å². The fourth-order valence-electron chi connectivity index (χ4n) is 1.81. The molecule has 1 heterocycles. The van der Waals surface area contributed by atoms with Gasteiger partial charge in [-0.3, -0.25) is 4.79 Å². The summed E-state index contributed by atoms with van der Waals surface area (Å²) in [6, 6.07) is 0. The van der Waals surface area contributed by atoms with Gasteiger partial charge in [0.25, 0.3) is 0 Å². The summed E-state index contributed by atoms with van der Waals surface area (Å²) in [7, 11) is 5.70. The number of ether oxygens (including phenoxy) is 1. The van der Waals surface area contributed by atoms with Crippen LogP contribution in [0.5, 0.6) is 0 Å². The van der Waals surface area contributed by atoms with E-state index in [1.165, 1.54) is 11.3 Å². The van der Waals surface area contributed by atoms with Crippen molar-refractivity contribution in [3.8, 4) is 0 Å². The van der Waals surface area contributed by atoms with Crippen LogP contribution in [0.15, 0.2) is 5.38 Å². The summed E-state index contributed by atoms with van der Waals surface area (Å²) in [6.07, 6.45) is 1.25. The summed E-state index contributed by atoms with van der Waals surface area (Å²) in [4.78, 5) is 20.4. The SMILES string of the molecule is COCCN(CCCN(C)C)C(=O)Cc1csc(N)n1. The molecule has 0 aromatic carbocycles. The van der Waals surface area contributed by atoms with Crippen molar-refractivity contribution in [2.24, 2.45) is 0 Å². The third-order valence-electron chi connectivity index (χ3n) is 2.85. The zero-order valence-electron chi connectivity index (χ0n) is 12.5. The van der Waals surface area contributed by atoms with Crippen molar-refractivity contribution < 1.29 is 9.53 Å². The van der Waals surface area contributed by atoms with Crippen molar-refractivity contribution >= 4 is 22.4 Å². The van der Waals surface area contributed by atoms with Crippen LogP contribution in [0.1, 0.15) is 12.1 Å². The zero-order valence-corrected chi connectivity index (χ0v) is 13.3. The molecule has 114 valence electrons. The number of carbonyl (C=O) groups is 1. The number of hydrogen-bond acceptors (Lipinski definition) is 6. The number of rotatable bonds is 9. The molecule has 0 radical (unpaired) electrons. The summed E-state index contributed by atoms with van der Waals surface area (Å²) in [5, 5.41) is 2.34. The molecule has 0 atom stereocenters. The van der Waals surface area contributed by atoms with Gasteiger partial charge in [-0.1, -0.05) is 0 Å². The van der Waals surface area contributed by atoms with Crippen LogP contribution in [0.3, 0.4) is 0 Å². The number of nitrogens with zero attached hydrogens (tertiary/aromatic N) is 3. The second kappa shape index (κ2) is 8.89. The average Bonchev–Trinajstić information content (AvgIpc) is 2.78. The predicted molar refractivity (Wildman–Crippen MR) is 81.9 cm³/mol. The first kappa shape index (κ1) is 16.9. The number of nitrogen functional groups attached to an aromatic ring is 1. The van der Waals surface area contributed by atoms with Crippen LogP contribution in [0.2, 0.25) is 0 Å². The number of methoxy groups -OCH3 is 1. The molecule has 0 aliphatic rings. The lowest BCUT2D eigenvalue weighted by Crippen LogP contribution is -2.37. The summed E-state index contributed by atoms with van der Waals surface area (Å²) in [5.74, 6) is 0.0751. The average molecular weight is 300 g/mol. The molecule has 0 fully saturated rings. The highest BCUT2D eigenvalue weighted by molar-refractivity contribution is 7.13. The predicted octanol–water partition coefficient (Wildman–Crippen LogP) is 0.695. The minimum Gasteiger partial charge on any atom is -0.383 e. The van der Waals surface area contributed by atoms with Gasteiger partial charge in [0.1, 0.15) is 0 Å². The third-order valence-corrected chi connectivity index (χ3v) is 3.58. The molecular weight excluding hydrogens is 276 g/mol. The summed E-state index contributed by atoms with van der Waals surface area (Å²) < 4.78 is 5.07. The minimum atomic E-state index is 0.0751. The van der Waals surface area contributed by atoms with E-state index in [1.54, 1.807) is 7.11 Å². The maximum atomic E-state index is 12.3. The second-order valence-corrected chi connectivity index (χ2v) is 5.77. The van der Waals surface area contributed by atoms with Crippen molar-refractivity contribution in [3.05, 3.63) is 11.1 Å². The lowest BCUT2D eigenvalue weighted by Gasteiger charge is -2.23. The van der Waals surface area contributed by atoms with Gasteiger partial charge in [-0.15, -0.1) is 11.3 Å². The van der Waals surface area contributed by atoms with E-state index in [-0.39, 0.29) is 5.91 Å². The smallest absolute Gasteiger partial charge is 0.228 e. The zero-order chi connectivity index (χ0) is 15.0. The molecule has 0 saturated carbocycles. The highest BCUT2D eigenvalue weighted by Crippen LogP contribution is 2.12. The summed E-state index contributed by atoms with van der Waals surface area (Å²) in [6.45, 7) is 2.86. The van der Waals surface area contributed by atoms with Gasteiger partial charge < -0.3 is 20.3 Å². The Balaban J connectivity index is 2.49. The van der Waals surface area contributed by atoms with Crippen molar-refractivity contribution in [2.45, 2.75) is 12.8 Å². The topological polar surface area (TPSA) is 71.7 Å². The van der Waals surface area contributed by atoms with Crippen LogP contribution in [-0.2, 0) is 16.0 Å². The van der Waals surface area contributed by atoms with E-state index < -0.39 is 0 Å². The molecule has 0 saturated heterocycles. The molecule has 1 aromatic rings. The number of amides is 1. The normalized spacial score (nSPS) is 11.0. The van der Waals surface area contributed by atoms with Gasteiger partial charge in [0, 0.05) is 25.6 Å². The number of carbonyl (C=O) groups excluding carboxylic acids is 1. The Morgan fingerprint density at radius 3 is 2.70 bits per heavy atom. The Labute approximate surface area is 124 Å². The van der Waals surface area contributed by atoms with E-state index in [0.717, 1.165) is 25.2 Å². The molecule has 7 heteroatoms. The highest BCUT2D eigenvalue weighted by Gasteiger charge is 2.15. The molecule has 0 aliphatic heterocycles. The molecule has 2 N–H and O–H groups in total. The summed E-state index contributed by atoms with van der Waals surface area (Å²) >= 11 is 1.36. The number of hydrogen-bond donors (Lipinski definition) is 1. The Morgan fingerprint density at radius 2 is 2.15 bits per heavy atom. The molecule has 0 spiro atoms. The van der Waals surface area contributed by atoms with Crippen LogP contribution >= 0.6 is 11.3 Å². The summed E-state index contributed by atoms with van der Waals surface area (Å²) in [5.41, 5.74) is 6.32. The van der Waals surface area contributed by atoms with E-state index in [0.29, 0.717) is 24.7 Å². The van der Waals surface area contributed by atoms with Crippen molar-refractivity contribution in [1.29, 1.82) is 0 Å². The lowest BCUT2D eigenvalue weighted by molar-refractivity contribution is -0.131. The number of thiazole rings is 1. The molecule has 20 heavy (non-hydrogen) atoms. The van der Waals surface area contributed by atoms with E-state index >= 15 is 0 Å². The maximum absolute atomic E-state index is 12.3. The van der Waals surface area contributed by atoms with Gasteiger partial charge in [0.2, 0.25) is 5.91 Å². The highest BCUT2D eigenvalue weighted by atomic mass is 32.1. The number of aromatic nitrogens is 1. The monoisotopic (exact) mass is 300 g/mol. The van der Waals surface area contributed by atoms with Gasteiger partial charge in [-0.25, -0.2) is 4.98 Å². The fraction of sp³-hybridized carbons (Fsp3) is 0.692. The van der Waals surface area contributed by atoms with Gasteiger partial charge in [-0.2, -0.15) is 0 Å². The first-order valence-electron chi connectivity index (χ1n) is 6.64. The van der Waals surface area contributed by atoms with Crippen molar-refractivity contribution in [3.63, 3.8) is 0 Å². The first-order chi connectivity index (χ1) is 9.52. The van der Waals surface area contributed by atoms with E-state index in [9.17, 15) is 4.79 Å². The molecule has 6 nitrogen and oxygen atoms in total. The second-order valence-electron chi connectivity index (χ2n) is 4.88. The van der Waals surface area contributed by atoms with Crippen LogP contribution in [0.4, 0.5) is 5.13 Å². The van der Waals surface area contributed by atoms with E-state index in [1.807, 2.05) is 24.4 Å². The fourth-order valence-corrected chi connectivity index (χ4v) is 2.37. The Kier molecular flexibility index (Phi) is 7.50. The Morgan fingerprint density at radius 1 is 1.40 bits per heavy atom. The Bertz CT molecular complexity index is 409. The number of nitrogens with two attached hydrogens (primary N) is 1. The van der Waals surface area contributed by atoms with Crippen LogP contribution in [0.25, 0.3) is 0 Å². The molecule has 1 aromatic heterocycles. The van der Waals surface area contributed by atoms with Crippen LogP contribution < -0.4 is 5.73 Å². The molecule has 0 unspecified atom stereocenters. The molecule has 0 bridgehead atoms. The van der Waals surface area contributed by atoms with Crippen molar-refractivity contribution in [2.75, 3.05) is 53.2 Å². The van der Waals surface area contributed by atoms with Gasteiger partial charge in [0.05, 0.1) is 18.7 Å². The lowest BCUT2D eigenvalue weighted by atomic mass is 10.2. The minimum absolute atomic E-state index is 0.0751.